The molecule has 9 nitrogen and oxygen atoms in total. The third kappa shape index (κ3) is 4.69. The second-order valence-corrected chi connectivity index (χ2v) is 5.76. The fourth-order valence-electron chi connectivity index (χ4n) is 2.79. The molecule has 0 aromatic heterocycles. The van der Waals surface area contributed by atoms with Gasteiger partial charge < -0.3 is 14.5 Å². The lowest BCUT2D eigenvalue weighted by atomic mass is 10.1. The molecule has 0 atom stereocenters. The van der Waals surface area contributed by atoms with Crippen LogP contribution in [0.15, 0.2) is 18.2 Å². The van der Waals surface area contributed by atoms with Crippen molar-refractivity contribution in [3.05, 3.63) is 39.4 Å². The minimum atomic E-state index is -0.956. The molecule has 0 fully saturated rings. The Morgan fingerprint density at radius 3 is 2.46 bits per heavy atom. The third-order valence-corrected chi connectivity index (χ3v) is 4.24. The molecule has 2 amide bonds. The van der Waals surface area contributed by atoms with E-state index in [2.05, 4.69) is 23.6 Å². The van der Waals surface area contributed by atoms with Gasteiger partial charge in [0.25, 0.3) is 16.9 Å². The lowest BCUT2D eigenvalue weighted by Gasteiger charge is -2.17. The summed E-state index contributed by atoms with van der Waals surface area (Å²) in [7, 11) is 0. The van der Waals surface area contributed by atoms with Crippen LogP contribution in [-0.4, -0.2) is 66.1 Å². The third-order valence-electron chi connectivity index (χ3n) is 4.24. The fraction of sp³-hybridized carbons (Fsp3) is 0.529. The predicted molar refractivity (Wildman–Crippen MR) is 92.7 cm³/mol. The molecular formula is C17H23N3O6. The zero-order valence-electron chi connectivity index (χ0n) is 15.0. The predicted octanol–water partition coefficient (Wildman–Crippen LogP) is 1.60. The Balaban J connectivity index is 1.93. The average molecular weight is 365 g/mol. The largest absolute Gasteiger partial charge is 0.494 e. The summed E-state index contributed by atoms with van der Waals surface area (Å²) >= 11 is 0. The Labute approximate surface area is 151 Å². The van der Waals surface area contributed by atoms with E-state index >= 15 is 0 Å². The van der Waals surface area contributed by atoms with Crippen molar-refractivity contribution in [3.63, 3.8) is 0 Å². The highest BCUT2D eigenvalue weighted by Crippen LogP contribution is 2.26. The van der Waals surface area contributed by atoms with Gasteiger partial charge in [0.1, 0.15) is 12.4 Å². The highest BCUT2D eigenvalue weighted by molar-refractivity contribution is 6.21. The van der Waals surface area contributed by atoms with Gasteiger partial charge in [0.05, 0.1) is 24.3 Å². The molecule has 1 heterocycles. The molecule has 1 aromatic rings. The average Bonchev–Trinajstić information content (AvgIpc) is 2.86. The summed E-state index contributed by atoms with van der Waals surface area (Å²) in [5.74, 6) is -0.455. The Hall–Kier alpha value is -2.68. The number of hydrogen-bond donors (Lipinski definition) is 0. The molecule has 0 unspecified atom stereocenters. The quantitative estimate of drug-likeness (QED) is 0.254. The molecule has 1 aromatic carbocycles. The molecule has 9 heteroatoms. The number of imide groups is 1. The number of ether oxygens (including phenoxy) is 1. The number of rotatable bonds is 11. The van der Waals surface area contributed by atoms with Crippen LogP contribution < -0.4 is 4.74 Å². The minimum Gasteiger partial charge on any atom is -0.494 e. The fourth-order valence-corrected chi connectivity index (χ4v) is 2.79. The van der Waals surface area contributed by atoms with Gasteiger partial charge in [-0.3, -0.25) is 14.5 Å². The van der Waals surface area contributed by atoms with E-state index in [4.69, 9.17) is 4.74 Å². The van der Waals surface area contributed by atoms with E-state index in [-0.39, 0.29) is 24.3 Å². The van der Waals surface area contributed by atoms with E-state index in [1.807, 2.05) is 0 Å². The van der Waals surface area contributed by atoms with E-state index in [0.29, 0.717) is 12.4 Å². The van der Waals surface area contributed by atoms with E-state index in [1.165, 1.54) is 0 Å². The highest BCUT2D eigenvalue weighted by atomic mass is 16.9. The van der Waals surface area contributed by atoms with Gasteiger partial charge >= 0.3 is 0 Å². The van der Waals surface area contributed by atoms with Crippen LogP contribution in [0.5, 0.6) is 5.75 Å². The Bertz CT molecular complexity index is 674. The van der Waals surface area contributed by atoms with Crippen LogP contribution in [0.1, 0.15) is 41.0 Å². The second kappa shape index (κ2) is 9.14. The summed E-state index contributed by atoms with van der Waals surface area (Å²) in [5, 5.41) is 9.22. The maximum absolute atomic E-state index is 12.3. The Morgan fingerprint density at radius 1 is 1.12 bits per heavy atom. The van der Waals surface area contributed by atoms with Gasteiger partial charge in [-0.05, 0) is 37.7 Å². The number of carbonyl (C=O) groups is 2. The summed E-state index contributed by atoms with van der Waals surface area (Å²) in [6.07, 6.45) is 0.857. The van der Waals surface area contributed by atoms with Crippen molar-refractivity contribution in [2.45, 2.75) is 20.3 Å². The molecular weight excluding hydrogens is 342 g/mol. The molecule has 0 saturated heterocycles. The van der Waals surface area contributed by atoms with Crippen molar-refractivity contribution in [3.8, 4) is 5.75 Å². The number of hydrogen-bond acceptors (Lipinski definition) is 7. The first-order valence-electron chi connectivity index (χ1n) is 8.60. The lowest BCUT2D eigenvalue weighted by Crippen LogP contribution is -2.33. The number of benzene rings is 1. The normalized spacial score (nSPS) is 13.3. The van der Waals surface area contributed by atoms with Crippen LogP contribution in [0.3, 0.4) is 0 Å². The molecule has 0 N–H and O–H groups in total. The van der Waals surface area contributed by atoms with Gasteiger partial charge in [0, 0.05) is 6.54 Å². The van der Waals surface area contributed by atoms with Gasteiger partial charge in [0.15, 0.2) is 0 Å². The lowest BCUT2D eigenvalue weighted by molar-refractivity contribution is -0.757. The standard InChI is InChI=1S/C17H23N3O6/c1-3-18(4-2)8-5-10-25-13-6-7-14-15(12-13)17(22)19(16(14)21)9-11-26-20(23)24/h6-7,12H,3-5,8-11H2,1-2H3. The number of fused-ring (bicyclic) bond motifs is 1. The number of amides is 2. The smallest absolute Gasteiger partial charge is 0.294 e. The zero-order valence-corrected chi connectivity index (χ0v) is 15.0. The second-order valence-electron chi connectivity index (χ2n) is 5.76. The Morgan fingerprint density at radius 2 is 1.81 bits per heavy atom. The maximum Gasteiger partial charge on any atom is 0.294 e. The van der Waals surface area contributed by atoms with Crippen molar-refractivity contribution >= 4 is 11.8 Å². The summed E-state index contributed by atoms with van der Waals surface area (Å²) in [6.45, 7) is 7.10. The van der Waals surface area contributed by atoms with Crippen molar-refractivity contribution in [1.82, 2.24) is 9.80 Å². The molecule has 0 aliphatic carbocycles. The van der Waals surface area contributed by atoms with Gasteiger partial charge in [-0.15, -0.1) is 10.1 Å². The molecule has 2 rings (SSSR count). The molecule has 1 aliphatic rings. The minimum absolute atomic E-state index is 0.173. The van der Waals surface area contributed by atoms with Gasteiger partial charge in [-0.25, -0.2) is 0 Å². The summed E-state index contributed by atoms with van der Waals surface area (Å²) in [4.78, 5) is 42.2. The van der Waals surface area contributed by atoms with Gasteiger partial charge in [-0.1, -0.05) is 13.8 Å². The monoisotopic (exact) mass is 365 g/mol. The number of nitrogens with zero attached hydrogens (tertiary/aromatic N) is 3. The van der Waals surface area contributed by atoms with E-state index in [0.717, 1.165) is 31.0 Å². The summed E-state index contributed by atoms with van der Waals surface area (Å²) < 4.78 is 5.68. The van der Waals surface area contributed by atoms with Crippen LogP contribution in [0.2, 0.25) is 0 Å². The topological polar surface area (TPSA) is 102 Å². The first-order valence-corrected chi connectivity index (χ1v) is 8.60. The van der Waals surface area contributed by atoms with Crippen molar-refractivity contribution in [1.29, 1.82) is 0 Å². The van der Waals surface area contributed by atoms with Crippen LogP contribution >= 0.6 is 0 Å². The molecule has 1 aliphatic heterocycles. The molecule has 0 spiro atoms. The molecule has 142 valence electrons. The Kier molecular flexibility index (Phi) is 6.90. The highest BCUT2D eigenvalue weighted by Gasteiger charge is 2.35. The van der Waals surface area contributed by atoms with Crippen LogP contribution in [0.4, 0.5) is 0 Å². The molecule has 26 heavy (non-hydrogen) atoms. The molecule has 0 radical (unpaired) electrons. The number of carbonyl (C=O) groups excluding carboxylic acids is 2. The zero-order chi connectivity index (χ0) is 19.1. The SMILES string of the molecule is CCN(CC)CCCOc1ccc2c(c1)C(=O)N(CCO[N+](=O)[O-])C2=O. The van der Waals surface area contributed by atoms with Gasteiger partial charge in [-0.2, -0.15) is 0 Å². The first kappa shape index (κ1) is 19.6. The van der Waals surface area contributed by atoms with Crippen LogP contribution in [0.25, 0.3) is 0 Å². The molecule has 0 saturated carbocycles. The van der Waals surface area contributed by atoms with E-state index < -0.39 is 16.9 Å². The van der Waals surface area contributed by atoms with E-state index in [1.54, 1.807) is 18.2 Å². The van der Waals surface area contributed by atoms with Crippen molar-refractivity contribution in [2.75, 3.05) is 39.4 Å². The maximum atomic E-state index is 12.3. The van der Waals surface area contributed by atoms with E-state index in [9.17, 15) is 19.7 Å². The van der Waals surface area contributed by atoms with Crippen molar-refractivity contribution in [2.24, 2.45) is 0 Å². The summed E-state index contributed by atoms with van der Waals surface area (Å²) in [6, 6.07) is 4.74. The van der Waals surface area contributed by atoms with Crippen molar-refractivity contribution < 1.29 is 24.3 Å². The first-order chi connectivity index (χ1) is 12.5. The summed E-state index contributed by atoms with van der Waals surface area (Å²) in [5.41, 5.74) is 0.518. The molecule has 0 bridgehead atoms. The van der Waals surface area contributed by atoms with Gasteiger partial charge in [0.2, 0.25) is 0 Å². The van der Waals surface area contributed by atoms with Crippen LogP contribution in [0, 0.1) is 10.1 Å². The van der Waals surface area contributed by atoms with Crippen LogP contribution in [-0.2, 0) is 4.84 Å².